The average molecular weight is 500 g/mol. The smallest absolute Gasteiger partial charge is 0.0587 e. The Labute approximate surface area is 222 Å². The number of hydrogen-bond acceptors (Lipinski definition) is 3. The van der Waals surface area contributed by atoms with Gasteiger partial charge in [0, 0.05) is 26.3 Å². The fraction of sp³-hybridized carbons (Fsp3) is 0.939. The highest BCUT2D eigenvalue weighted by molar-refractivity contribution is 5.21. The summed E-state index contributed by atoms with van der Waals surface area (Å²) in [7, 11) is 1.81. The summed E-state index contributed by atoms with van der Waals surface area (Å²) in [5.41, 5.74) is 3.06. The number of hydrogen-bond donors (Lipinski definition) is 2. The molecular weight excluding hydrogens is 442 g/mol. The van der Waals surface area contributed by atoms with Crippen LogP contribution < -0.4 is 5.32 Å². The predicted molar refractivity (Wildman–Crippen MR) is 150 cm³/mol. The number of methoxy groups -OCH3 is 1. The van der Waals surface area contributed by atoms with E-state index in [1.165, 1.54) is 69.8 Å². The summed E-state index contributed by atoms with van der Waals surface area (Å²) in [6.45, 7) is 22.2. The predicted octanol–water partition coefficient (Wildman–Crippen LogP) is 7.24. The molecule has 206 valence electrons. The van der Waals surface area contributed by atoms with Crippen molar-refractivity contribution in [3.63, 3.8) is 0 Å². The Morgan fingerprint density at radius 1 is 0.889 bits per heavy atom. The Morgan fingerprint density at radius 2 is 1.64 bits per heavy atom. The molecule has 36 heavy (non-hydrogen) atoms. The Kier molecular flexibility index (Phi) is 6.87. The highest BCUT2D eigenvalue weighted by atomic mass is 16.5. The number of allylic oxidation sites excluding steroid dienone is 1. The van der Waals surface area contributed by atoms with E-state index in [-0.39, 0.29) is 5.41 Å². The summed E-state index contributed by atoms with van der Waals surface area (Å²) in [4.78, 5) is 0. The van der Waals surface area contributed by atoms with Gasteiger partial charge in [-0.05, 0) is 128 Å². The van der Waals surface area contributed by atoms with Gasteiger partial charge in [-0.3, -0.25) is 0 Å². The lowest BCUT2D eigenvalue weighted by Crippen LogP contribution is -2.67. The molecule has 1 unspecified atom stereocenters. The standard InChI is InChI=1S/C33H57NO2/c1-22(2)23-11-16-33(21-35)18-17-31(6)24(28(23)33)9-10-26-30(5)14-13-27(34-19-20-36-8)29(3,4)25(30)12-15-32(26,31)7/h23-28,34-35H,1,9-21H2,2-8H3/t23-,24+,25-,26+,27?,28+,30-,31+,32+,33+/m0/s1. The highest BCUT2D eigenvalue weighted by Crippen LogP contribution is 2.77. The van der Waals surface area contributed by atoms with Crippen LogP contribution in [0.2, 0.25) is 0 Å². The second-order valence-corrected chi connectivity index (χ2v) is 15.6. The monoisotopic (exact) mass is 499 g/mol. The first-order chi connectivity index (χ1) is 16.9. The van der Waals surface area contributed by atoms with Gasteiger partial charge in [-0.2, -0.15) is 0 Å². The zero-order chi connectivity index (χ0) is 26.1. The van der Waals surface area contributed by atoms with Crippen LogP contribution in [-0.2, 0) is 4.74 Å². The molecule has 0 bridgehead atoms. The van der Waals surface area contributed by atoms with E-state index in [4.69, 9.17) is 4.74 Å². The molecule has 0 aromatic heterocycles. The number of fused-ring (bicyclic) bond motifs is 7. The van der Waals surface area contributed by atoms with E-state index < -0.39 is 0 Å². The van der Waals surface area contributed by atoms with Crippen molar-refractivity contribution in [2.24, 2.45) is 56.7 Å². The SMILES string of the molecule is C=C(C)[C@@H]1CC[C@]2(CO)CC[C@]3(C)[C@H](CC[C@@H]4[C@@]5(C)CCC(NCCOC)C(C)(C)[C@@H]5CC[C@]43C)[C@@H]12. The van der Waals surface area contributed by atoms with E-state index >= 15 is 0 Å². The Morgan fingerprint density at radius 3 is 2.31 bits per heavy atom. The van der Waals surface area contributed by atoms with Gasteiger partial charge in [0.15, 0.2) is 0 Å². The molecule has 0 aliphatic heterocycles. The minimum atomic E-state index is 0.159. The van der Waals surface area contributed by atoms with E-state index in [1.807, 2.05) is 7.11 Å². The molecule has 0 aromatic carbocycles. The molecular formula is C33H57NO2. The second kappa shape index (κ2) is 9.09. The lowest BCUT2D eigenvalue weighted by molar-refractivity contribution is -0.241. The van der Waals surface area contributed by atoms with Crippen LogP contribution in [0, 0.1) is 56.7 Å². The summed E-state index contributed by atoms with van der Waals surface area (Å²) in [6.07, 6.45) is 13.2. The third kappa shape index (κ3) is 3.53. The van der Waals surface area contributed by atoms with Crippen molar-refractivity contribution in [1.29, 1.82) is 0 Å². The largest absolute Gasteiger partial charge is 0.396 e. The molecule has 10 atom stereocenters. The summed E-state index contributed by atoms with van der Waals surface area (Å²) < 4.78 is 5.36. The molecule has 5 saturated carbocycles. The minimum Gasteiger partial charge on any atom is -0.396 e. The van der Waals surface area contributed by atoms with Crippen molar-refractivity contribution in [2.75, 3.05) is 26.9 Å². The molecule has 5 fully saturated rings. The van der Waals surface area contributed by atoms with E-state index in [9.17, 15) is 5.11 Å². The van der Waals surface area contributed by atoms with Gasteiger partial charge in [-0.15, -0.1) is 0 Å². The van der Waals surface area contributed by atoms with E-state index in [0.717, 1.165) is 30.9 Å². The number of aliphatic hydroxyl groups is 1. The van der Waals surface area contributed by atoms with Crippen LogP contribution in [0.4, 0.5) is 0 Å². The molecule has 2 N–H and O–H groups in total. The number of ether oxygens (including phenoxy) is 1. The summed E-state index contributed by atoms with van der Waals surface area (Å²) in [5.74, 6) is 3.59. The highest BCUT2D eigenvalue weighted by Gasteiger charge is 2.70. The van der Waals surface area contributed by atoms with Crippen molar-refractivity contribution in [3.8, 4) is 0 Å². The lowest BCUT2D eigenvalue weighted by Gasteiger charge is -2.73. The van der Waals surface area contributed by atoms with E-state index in [0.29, 0.717) is 46.1 Å². The topological polar surface area (TPSA) is 41.5 Å². The van der Waals surface area contributed by atoms with Crippen LogP contribution in [0.25, 0.3) is 0 Å². The van der Waals surface area contributed by atoms with Gasteiger partial charge in [0.25, 0.3) is 0 Å². The van der Waals surface area contributed by atoms with Crippen LogP contribution >= 0.6 is 0 Å². The zero-order valence-corrected chi connectivity index (χ0v) is 24.7. The van der Waals surface area contributed by atoms with Gasteiger partial charge in [-0.25, -0.2) is 0 Å². The Hall–Kier alpha value is -0.380. The summed E-state index contributed by atoms with van der Waals surface area (Å²) in [5, 5.41) is 14.6. The minimum absolute atomic E-state index is 0.159. The number of nitrogens with one attached hydrogen (secondary N) is 1. The Balaban J connectivity index is 1.46. The zero-order valence-electron chi connectivity index (χ0n) is 24.7. The number of aliphatic hydroxyl groups excluding tert-OH is 1. The van der Waals surface area contributed by atoms with Crippen molar-refractivity contribution in [2.45, 2.75) is 112 Å². The van der Waals surface area contributed by atoms with Crippen LogP contribution in [-0.4, -0.2) is 38.0 Å². The van der Waals surface area contributed by atoms with Crippen molar-refractivity contribution < 1.29 is 9.84 Å². The van der Waals surface area contributed by atoms with Gasteiger partial charge < -0.3 is 15.2 Å². The molecule has 0 aromatic rings. The van der Waals surface area contributed by atoms with Crippen molar-refractivity contribution in [1.82, 2.24) is 5.32 Å². The lowest BCUT2D eigenvalue weighted by atomic mass is 9.32. The van der Waals surface area contributed by atoms with E-state index in [2.05, 4.69) is 53.4 Å². The average Bonchev–Trinajstić information content (AvgIpc) is 3.21. The molecule has 5 aliphatic rings. The molecule has 0 radical (unpaired) electrons. The van der Waals surface area contributed by atoms with Crippen LogP contribution in [0.5, 0.6) is 0 Å². The Bertz CT molecular complexity index is 853. The van der Waals surface area contributed by atoms with Crippen LogP contribution in [0.15, 0.2) is 12.2 Å². The van der Waals surface area contributed by atoms with Gasteiger partial charge in [0.1, 0.15) is 0 Å². The van der Waals surface area contributed by atoms with Crippen molar-refractivity contribution in [3.05, 3.63) is 12.2 Å². The molecule has 5 rings (SSSR count). The number of rotatable bonds is 6. The van der Waals surface area contributed by atoms with Gasteiger partial charge in [0.05, 0.1) is 6.61 Å². The quantitative estimate of drug-likeness (QED) is 0.299. The second-order valence-electron chi connectivity index (χ2n) is 15.6. The third-order valence-electron chi connectivity index (χ3n) is 14.3. The third-order valence-corrected chi connectivity index (χ3v) is 14.3. The van der Waals surface area contributed by atoms with Gasteiger partial charge in [-0.1, -0.05) is 46.8 Å². The van der Waals surface area contributed by atoms with Gasteiger partial charge in [0.2, 0.25) is 0 Å². The van der Waals surface area contributed by atoms with E-state index in [1.54, 1.807) is 0 Å². The fourth-order valence-electron chi connectivity index (χ4n) is 12.3. The normalized spacial score (nSPS) is 51.6. The molecule has 0 spiro atoms. The molecule has 3 nitrogen and oxygen atoms in total. The summed E-state index contributed by atoms with van der Waals surface area (Å²) >= 11 is 0. The molecule has 0 heterocycles. The van der Waals surface area contributed by atoms with Gasteiger partial charge >= 0.3 is 0 Å². The first-order valence-electron chi connectivity index (χ1n) is 15.4. The molecule has 0 saturated heterocycles. The molecule has 5 aliphatic carbocycles. The summed E-state index contributed by atoms with van der Waals surface area (Å²) in [6, 6.07) is 0.594. The first-order valence-corrected chi connectivity index (χ1v) is 15.4. The molecule has 3 heteroatoms. The fourth-order valence-corrected chi connectivity index (χ4v) is 12.3. The first kappa shape index (κ1) is 27.2. The maximum absolute atomic E-state index is 10.7. The molecule has 0 amide bonds. The maximum Gasteiger partial charge on any atom is 0.0587 e. The van der Waals surface area contributed by atoms with Crippen LogP contribution in [0.1, 0.15) is 106 Å². The van der Waals surface area contributed by atoms with Crippen molar-refractivity contribution >= 4 is 0 Å². The van der Waals surface area contributed by atoms with Crippen LogP contribution in [0.3, 0.4) is 0 Å². The maximum atomic E-state index is 10.7.